The second-order valence-corrected chi connectivity index (χ2v) is 7.89. The molecule has 21 heavy (non-hydrogen) atoms. The molecule has 0 saturated carbocycles. The molecule has 0 aromatic carbocycles. The number of aliphatic carboxylic acids is 1. The first-order valence-electron chi connectivity index (χ1n) is 6.18. The molecule has 120 valence electrons. The van der Waals surface area contributed by atoms with E-state index >= 15 is 0 Å². The lowest BCUT2D eigenvalue weighted by atomic mass is 10.1. The minimum atomic E-state index is -1.14. The predicted octanol–water partition coefficient (Wildman–Crippen LogP) is 2.09. The second-order valence-electron chi connectivity index (χ2n) is 5.12. The minimum Gasteiger partial charge on any atom is -0.480 e. The van der Waals surface area contributed by atoms with Crippen molar-refractivity contribution in [1.29, 1.82) is 5.39 Å². The first-order chi connectivity index (χ1) is 9.69. The van der Waals surface area contributed by atoms with Crippen LogP contribution in [0.3, 0.4) is 0 Å². The smallest absolute Gasteiger partial charge is 0.408 e. The van der Waals surface area contributed by atoms with Crippen molar-refractivity contribution < 1.29 is 19.4 Å². The largest absolute Gasteiger partial charge is 0.480 e. The van der Waals surface area contributed by atoms with Crippen LogP contribution in [0, 0.1) is 5.39 Å². The van der Waals surface area contributed by atoms with Gasteiger partial charge in [0, 0.05) is 5.25 Å². The molecule has 0 bridgehead atoms. The molecular weight excluding hydrogens is 316 g/mol. The summed E-state index contributed by atoms with van der Waals surface area (Å²) >= 11 is 0. The van der Waals surface area contributed by atoms with E-state index < -0.39 is 23.7 Å². The number of alkyl carbamates (subject to hydrolysis) is 1. The van der Waals surface area contributed by atoms with Crippen LogP contribution in [0.1, 0.15) is 27.2 Å². The van der Waals surface area contributed by atoms with Gasteiger partial charge in [-0.1, -0.05) is 21.6 Å². The maximum Gasteiger partial charge on any atom is 0.408 e. The number of diazo groups is 1. The molecule has 0 fully saturated rings. The maximum atomic E-state index is 11.6. The average Bonchev–Trinajstić information content (AvgIpc) is 2.32. The standard InChI is InChI=1S/C11H20N4O4S2/c1-11(2,3)19-10(18)14-8(9(16)17)5-7(21-20-4)6-13-15-12/h7-8,13H,5-6H2,1-4H3,(H-,14,16,17,18)/p+1/t7?,8-/m0/s1. The molecule has 0 aromatic heterocycles. The molecule has 0 aliphatic carbocycles. The van der Waals surface area contributed by atoms with Gasteiger partial charge in [-0.05, 0) is 38.9 Å². The number of hydrogen-bond acceptors (Lipinski definition) is 7. The fourth-order valence-corrected chi connectivity index (χ4v) is 3.31. The summed E-state index contributed by atoms with van der Waals surface area (Å²) in [6, 6.07) is -1.08. The van der Waals surface area contributed by atoms with Crippen molar-refractivity contribution in [1.82, 2.24) is 10.7 Å². The van der Waals surface area contributed by atoms with Crippen molar-refractivity contribution >= 4 is 33.7 Å². The second kappa shape index (κ2) is 9.57. The summed E-state index contributed by atoms with van der Waals surface area (Å²) in [6.07, 6.45) is 1.25. The van der Waals surface area contributed by atoms with Gasteiger partial charge in [-0.25, -0.2) is 9.59 Å². The van der Waals surface area contributed by atoms with Gasteiger partial charge in [-0.2, -0.15) is 0 Å². The number of carboxylic acids is 1. The fourth-order valence-electron chi connectivity index (χ4n) is 1.37. The lowest BCUT2D eigenvalue weighted by Gasteiger charge is -2.23. The summed E-state index contributed by atoms with van der Waals surface area (Å²) in [5, 5.41) is 22.5. The lowest BCUT2D eigenvalue weighted by molar-refractivity contribution is -0.139. The van der Waals surface area contributed by atoms with Gasteiger partial charge >= 0.3 is 17.1 Å². The van der Waals surface area contributed by atoms with E-state index in [1.165, 1.54) is 21.6 Å². The third-order valence-electron chi connectivity index (χ3n) is 2.11. The van der Waals surface area contributed by atoms with E-state index in [2.05, 4.69) is 15.8 Å². The number of rotatable bonds is 8. The highest BCUT2D eigenvalue weighted by Gasteiger charge is 2.27. The number of ether oxygens (including phenoxy) is 1. The molecule has 0 aromatic rings. The SMILES string of the molecule is CSSC(CN[N+]#N)C[C@H](NC(=O)OC(C)(C)C)C(=O)O. The van der Waals surface area contributed by atoms with Crippen molar-refractivity contribution in [3.63, 3.8) is 0 Å². The van der Waals surface area contributed by atoms with Gasteiger partial charge in [0.2, 0.25) is 0 Å². The van der Waals surface area contributed by atoms with Crippen LogP contribution in [-0.4, -0.2) is 46.9 Å². The maximum absolute atomic E-state index is 11.6. The van der Waals surface area contributed by atoms with Gasteiger partial charge in [0.15, 0.2) is 0 Å². The van der Waals surface area contributed by atoms with Crippen molar-refractivity contribution in [2.24, 2.45) is 0 Å². The van der Waals surface area contributed by atoms with Gasteiger partial charge < -0.3 is 15.2 Å². The van der Waals surface area contributed by atoms with Crippen molar-refractivity contribution in [3.8, 4) is 0 Å². The first kappa shape index (κ1) is 19.7. The molecule has 10 heteroatoms. The van der Waals surface area contributed by atoms with E-state index in [4.69, 9.17) is 10.1 Å². The third kappa shape index (κ3) is 10.1. The van der Waals surface area contributed by atoms with Crippen LogP contribution < -0.4 is 10.7 Å². The Morgan fingerprint density at radius 3 is 2.48 bits per heavy atom. The summed E-state index contributed by atoms with van der Waals surface area (Å²) in [5.41, 5.74) is 1.68. The highest BCUT2D eigenvalue weighted by Crippen LogP contribution is 2.26. The van der Waals surface area contributed by atoms with Crippen molar-refractivity contribution in [3.05, 3.63) is 5.08 Å². The zero-order chi connectivity index (χ0) is 16.5. The number of carbonyl (C=O) groups is 2. The fraction of sp³-hybridized carbons (Fsp3) is 0.818. The topological polar surface area (TPSA) is 116 Å². The first-order valence-corrected chi connectivity index (χ1v) is 8.80. The van der Waals surface area contributed by atoms with Crippen LogP contribution >= 0.6 is 21.6 Å². The molecule has 8 nitrogen and oxygen atoms in total. The highest BCUT2D eigenvalue weighted by atomic mass is 33.1. The lowest BCUT2D eigenvalue weighted by Crippen LogP contribution is -2.45. The van der Waals surface area contributed by atoms with Gasteiger partial charge in [-0.15, -0.1) is 0 Å². The van der Waals surface area contributed by atoms with Gasteiger partial charge in [0.1, 0.15) is 18.2 Å². The minimum absolute atomic E-state index is 0.160. The average molecular weight is 337 g/mol. The van der Waals surface area contributed by atoms with E-state index in [1.54, 1.807) is 20.8 Å². The number of nitrogens with zero attached hydrogens (tertiary/aromatic N) is 2. The molecule has 1 amide bonds. The van der Waals surface area contributed by atoms with E-state index in [-0.39, 0.29) is 18.2 Å². The molecule has 1 unspecified atom stereocenters. The van der Waals surface area contributed by atoms with Gasteiger partial charge in [0.05, 0.1) is 0 Å². The van der Waals surface area contributed by atoms with Crippen molar-refractivity contribution in [2.75, 3.05) is 12.8 Å². The zero-order valence-corrected chi connectivity index (χ0v) is 14.1. The van der Waals surface area contributed by atoms with Crippen molar-refractivity contribution in [2.45, 2.75) is 44.1 Å². The normalized spacial score (nSPS) is 13.7. The molecule has 2 atom stereocenters. The Morgan fingerprint density at radius 1 is 1.43 bits per heavy atom. The Kier molecular flexibility index (Phi) is 8.96. The molecule has 0 radical (unpaired) electrons. The van der Waals surface area contributed by atoms with E-state index in [9.17, 15) is 14.7 Å². The zero-order valence-electron chi connectivity index (χ0n) is 12.5. The molecule has 0 rings (SSSR count). The van der Waals surface area contributed by atoms with E-state index in [0.717, 1.165) is 0 Å². The van der Waals surface area contributed by atoms with Crippen LogP contribution in [0.2, 0.25) is 0 Å². The number of carbonyl (C=O) groups excluding carboxylic acids is 1. The Balaban J connectivity index is 4.62. The molecule has 0 aliphatic rings. The Hall–Kier alpha value is -1.34. The van der Waals surface area contributed by atoms with Crippen LogP contribution in [0.15, 0.2) is 0 Å². The number of carboxylic acid groups (broad SMARTS) is 1. The van der Waals surface area contributed by atoms with Crippen LogP contribution in [0.5, 0.6) is 0 Å². The summed E-state index contributed by atoms with van der Waals surface area (Å²) < 4.78 is 5.04. The molecule has 0 heterocycles. The Labute approximate surface area is 131 Å². The summed E-state index contributed by atoms with van der Waals surface area (Å²) in [6.45, 7) is 5.37. The monoisotopic (exact) mass is 337 g/mol. The summed E-state index contributed by atoms with van der Waals surface area (Å²) in [4.78, 5) is 22.9. The summed E-state index contributed by atoms with van der Waals surface area (Å²) in [5.74, 6) is -1.14. The number of amides is 1. The van der Waals surface area contributed by atoms with Crippen LogP contribution in [0.4, 0.5) is 4.79 Å². The Morgan fingerprint density at radius 2 is 2.05 bits per heavy atom. The summed E-state index contributed by atoms with van der Waals surface area (Å²) in [7, 11) is 2.89. The number of nitrogens with one attached hydrogen (secondary N) is 2. The predicted molar refractivity (Wildman–Crippen MR) is 83.4 cm³/mol. The third-order valence-corrected chi connectivity index (χ3v) is 4.33. The van der Waals surface area contributed by atoms with E-state index in [1.807, 2.05) is 6.26 Å². The molecule has 0 aliphatic heterocycles. The molecule has 0 saturated heterocycles. The Bertz CT molecular complexity index is 395. The van der Waals surface area contributed by atoms with Crippen LogP contribution in [-0.2, 0) is 9.53 Å². The molecule has 0 spiro atoms. The number of hydrogen-bond donors (Lipinski definition) is 3. The highest BCUT2D eigenvalue weighted by molar-refractivity contribution is 8.76. The van der Waals surface area contributed by atoms with E-state index in [0.29, 0.717) is 0 Å². The quantitative estimate of drug-likeness (QED) is 0.350. The van der Waals surface area contributed by atoms with Crippen LogP contribution in [0.25, 0.3) is 5.08 Å². The van der Waals surface area contributed by atoms with Gasteiger partial charge in [-0.3, -0.25) is 0 Å². The van der Waals surface area contributed by atoms with Gasteiger partial charge in [0.25, 0.3) is 5.39 Å². The molecular formula is C11H21N4O4S2+. The molecule has 3 N–H and O–H groups in total.